The average molecular weight is 114 g/mol. The van der Waals surface area contributed by atoms with Gasteiger partial charge in [0.05, 0.1) is 0 Å². The van der Waals surface area contributed by atoms with Crippen molar-refractivity contribution in [3.63, 3.8) is 0 Å². The fraction of sp³-hybridized carbons (Fsp3) is 0.800. The molecule has 1 saturated carbocycles. The van der Waals surface area contributed by atoms with Crippen LogP contribution >= 0.6 is 0 Å². The van der Waals surface area contributed by atoms with E-state index in [1.165, 1.54) is 18.8 Å². The fourth-order valence-corrected chi connectivity index (χ4v) is 0.698. The van der Waals surface area contributed by atoms with Gasteiger partial charge in [-0.15, -0.1) is 0 Å². The Kier molecular flexibility index (Phi) is 1.27. The Balaban J connectivity index is 2.16. The molecule has 0 bridgehead atoms. The van der Waals surface area contributed by atoms with Crippen molar-refractivity contribution in [1.29, 1.82) is 0 Å². The number of hydrogen-bond donors (Lipinski definition) is 3. The van der Waals surface area contributed by atoms with Crippen molar-refractivity contribution >= 4 is 0 Å². The van der Waals surface area contributed by atoms with Crippen molar-refractivity contribution < 1.29 is 0 Å². The summed E-state index contributed by atoms with van der Waals surface area (Å²) in [5, 5.41) is 0. The summed E-state index contributed by atoms with van der Waals surface area (Å²) in [6, 6.07) is 0. The van der Waals surface area contributed by atoms with Crippen LogP contribution in [0.2, 0.25) is 0 Å². The van der Waals surface area contributed by atoms with Gasteiger partial charge < -0.3 is 17.2 Å². The third kappa shape index (κ3) is 2.26. The summed E-state index contributed by atoms with van der Waals surface area (Å²) < 4.78 is 0. The van der Waals surface area contributed by atoms with Crippen molar-refractivity contribution in [1.82, 2.24) is 0 Å². The second-order valence-electron chi connectivity index (χ2n) is 2.54. The Morgan fingerprint density at radius 3 is 1.88 bits per heavy atom. The van der Waals surface area contributed by atoms with Gasteiger partial charge in [-0.05, 0) is 25.2 Å². The molecule has 0 aromatic heterocycles. The van der Waals surface area contributed by atoms with E-state index in [2.05, 4.69) is 0 Å². The Morgan fingerprint density at radius 1 is 1.25 bits per heavy atom. The lowest BCUT2D eigenvalue weighted by Gasteiger charge is -2.16. The summed E-state index contributed by atoms with van der Waals surface area (Å²) in [7, 11) is 0. The van der Waals surface area contributed by atoms with Gasteiger partial charge in [-0.3, -0.25) is 0 Å². The molecule has 1 aliphatic rings. The minimum absolute atomic E-state index is 0.688. The molecule has 0 aliphatic heterocycles. The lowest BCUT2D eigenvalue weighted by atomic mass is 10.2. The second kappa shape index (κ2) is 1.69. The smallest absolute Gasteiger partial charge is 0.116 e. The van der Waals surface area contributed by atoms with Gasteiger partial charge in [-0.25, -0.2) is 0 Å². The Bertz CT molecular complexity index is 80.2. The molecule has 3 heteroatoms. The van der Waals surface area contributed by atoms with Crippen LogP contribution in [0.4, 0.5) is 0 Å². The standard InChI is InChI=1S/C5H12N3/c6-5(7,8)3-4-1-2-4/h1-3,6-8H2. The molecular weight excluding hydrogens is 102 g/mol. The van der Waals surface area contributed by atoms with Crippen molar-refractivity contribution in [3.8, 4) is 0 Å². The van der Waals surface area contributed by atoms with E-state index in [4.69, 9.17) is 17.2 Å². The van der Waals surface area contributed by atoms with E-state index in [-0.39, 0.29) is 0 Å². The van der Waals surface area contributed by atoms with Gasteiger partial charge in [0.25, 0.3) is 0 Å². The third-order valence-electron chi connectivity index (χ3n) is 1.16. The molecule has 1 rings (SSSR count). The highest BCUT2D eigenvalue weighted by atomic mass is 15.1. The van der Waals surface area contributed by atoms with E-state index in [1.807, 2.05) is 0 Å². The molecule has 6 N–H and O–H groups in total. The normalized spacial score (nSPS) is 21.4. The van der Waals surface area contributed by atoms with E-state index >= 15 is 0 Å². The van der Waals surface area contributed by atoms with Gasteiger partial charge in [0, 0.05) is 0 Å². The van der Waals surface area contributed by atoms with Crippen LogP contribution in [-0.2, 0) is 0 Å². The second-order valence-corrected chi connectivity index (χ2v) is 2.54. The van der Waals surface area contributed by atoms with Gasteiger partial charge in [-0.2, -0.15) is 0 Å². The molecule has 47 valence electrons. The van der Waals surface area contributed by atoms with Gasteiger partial charge in [-0.1, -0.05) is 0 Å². The largest absolute Gasteiger partial charge is 0.301 e. The Hall–Kier alpha value is -0.120. The number of rotatable bonds is 2. The topological polar surface area (TPSA) is 78.1 Å². The van der Waals surface area contributed by atoms with Crippen LogP contribution in [0.15, 0.2) is 0 Å². The van der Waals surface area contributed by atoms with Crippen LogP contribution in [0.25, 0.3) is 0 Å². The molecule has 1 radical (unpaired) electrons. The van der Waals surface area contributed by atoms with E-state index in [0.717, 1.165) is 0 Å². The van der Waals surface area contributed by atoms with E-state index in [1.54, 1.807) is 0 Å². The van der Waals surface area contributed by atoms with Crippen molar-refractivity contribution in [2.24, 2.45) is 17.2 Å². The average Bonchev–Trinajstić information content (AvgIpc) is 2.12. The summed E-state index contributed by atoms with van der Waals surface area (Å²) in [6.45, 7) is 0. The molecular formula is C5H12N3. The van der Waals surface area contributed by atoms with E-state index in [0.29, 0.717) is 6.42 Å². The van der Waals surface area contributed by atoms with E-state index < -0.39 is 5.79 Å². The minimum atomic E-state index is -0.953. The first kappa shape index (κ1) is 6.01. The zero-order valence-corrected chi connectivity index (χ0v) is 4.85. The van der Waals surface area contributed by atoms with Crippen molar-refractivity contribution in [3.05, 3.63) is 5.92 Å². The first-order valence-corrected chi connectivity index (χ1v) is 2.78. The third-order valence-corrected chi connectivity index (χ3v) is 1.16. The molecule has 0 saturated heterocycles. The summed E-state index contributed by atoms with van der Waals surface area (Å²) in [6.07, 6.45) is 3.04. The van der Waals surface area contributed by atoms with Crippen LogP contribution in [0.3, 0.4) is 0 Å². The highest BCUT2D eigenvalue weighted by Gasteiger charge is 2.28. The quantitative estimate of drug-likeness (QED) is 0.414. The Labute approximate surface area is 49.2 Å². The van der Waals surface area contributed by atoms with Gasteiger partial charge in [0.15, 0.2) is 0 Å². The highest BCUT2D eigenvalue weighted by Crippen LogP contribution is 2.36. The van der Waals surface area contributed by atoms with Crippen molar-refractivity contribution in [2.45, 2.75) is 25.0 Å². The van der Waals surface area contributed by atoms with Gasteiger partial charge in [0.1, 0.15) is 5.79 Å². The molecule has 1 aliphatic carbocycles. The summed E-state index contributed by atoms with van der Waals surface area (Å²) in [5.74, 6) is 0.448. The first-order valence-electron chi connectivity index (χ1n) is 2.78. The fourth-order valence-electron chi connectivity index (χ4n) is 0.698. The predicted octanol–water partition coefficient (Wildman–Crippen LogP) is -0.725. The molecule has 8 heavy (non-hydrogen) atoms. The van der Waals surface area contributed by atoms with Crippen molar-refractivity contribution in [2.75, 3.05) is 0 Å². The molecule has 0 unspecified atom stereocenters. The summed E-state index contributed by atoms with van der Waals surface area (Å²) in [5.41, 5.74) is 15.9. The maximum absolute atomic E-state index is 5.31. The molecule has 0 aromatic carbocycles. The first-order chi connectivity index (χ1) is 3.58. The van der Waals surface area contributed by atoms with Crippen LogP contribution in [0, 0.1) is 5.92 Å². The lowest BCUT2D eigenvalue weighted by molar-refractivity contribution is 0.449. The Morgan fingerprint density at radius 2 is 1.75 bits per heavy atom. The molecule has 3 nitrogen and oxygen atoms in total. The van der Waals surface area contributed by atoms with Crippen LogP contribution in [0.1, 0.15) is 19.3 Å². The van der Waals surface area contributed by atoms with Gasteiger partial charge in [0.2, 0.25) is 0 Å². The highest BCUT2D eigenvalue weighted by molar-refractivity contribution is 5.08. The maximum atomic E-state index is 5.31. The van der Waals surface area contributed by atoms with Gasteiger partial charge >= 0.3 is 0 Å². The molecule has 0 heterocycles. The molecule has 0 aromatic rings. The summed E-state index contributed by atoms with van der Waals surface area (Å²) >= 11 is 0. The molecule has 0 atom stereocenters. The van der Waals surface area contributed by atoms with Crippen LogP contribution < -0.4 is 17.2 Å². The zero-order chi connectivity index (χ0) is 6.20. The minimum Gasteiger partial charge on any atom is -0.301 e. The van der Waals surface area contributed by atoms with Crippen LogP contribution in [-0.4, -0.2) is 5.79 Å². The maximum Gasteiger partial charge on any atom is 0.116 e. The number of nitrogens with two attached hydrogens (primary N) is 3. The molecule has 0 spiro atoms. The lowest BCUT2D eigenvalue weighted by Crippen LogP contribution is -2.57. The SMILES string of the molecule is NC(N)(N)C[C]1CC1. The predicted molar refractivity (Wildman–Crippen MR) is 32.4 cm³/mol. The molecule has 0 amide bonds. The molecule has 1 fully saturated rings. The zero-order valence-electron chi connectivity index (χ0n) is 4.85. The van der Waals surface area contributed by atoms with E-state index in [9.17, 15) is 0 Å². The monoisotopic (exact) mass is 114 g/mol. The van der Waals surface area contributed by atoms with Crippen LogP contribution in [0.5, 0.6) is 0 Å². The summed E-state index contributed by atoms with van der Waals surface area (Å²) in [4.78, 5) is 0. The number of hydrogen-bond acceptors (Lipinski definition) is 3.